The average molecular weight is 275 g/mol. The van der Waals surface area contributed by atoms with Gasteiger partial charge in [0, 0.05) is 5.56 Å². The topological polar surface area (TPSA) is 61.6 Å². The zero-order chi connectivity index (χ0) is 14.2. The lowest BCUT2D eigenvalue weighted by atomic mass is 9.73. The van der Waals surface area contributed by atoms with E-state index in [1.54, 1.807) is 18.2 Å². The van der Waals surface area contributed by atoms with Crippen molar-refractivity contribution in [2.24, 2.45) is 11.7 Å². The van der Waals surface area contributed by atoms with Gasteiger partial charge in [-0.2, -0.15) is 0 Å². The highest BCUT2D eigenvalue weighted by atomic mass is 16.6. The Morgan fingerprint density at radius 1 is 1.30 bits per heavy atom. The minimum Gasteiger partial charge on any atom is -0.486 e. The smallest absolute Gasteiger partial charge is 0.182 e. The SMILES string of the molecule is CC1CCCC(N)(C(=O)c2ccc3c(c2)OCCO3)C1. The fourth-order valence-corrected chi connectivity index (χ4v) is 3.27. The first-order chi connectivity index (χ1) is 9.58. The van der Waals surface area contributed by atoms with Crippen molar-refractivity contribution in [1.29, 1.82) is 0 Å². The molecule has 0 saturated heterocycles. The summed E-state index contributed by atoms with van der Waals surface area (Å²) in [5, 5.41) is 0. The van der Waals surface area contributed by atoms with E-state index in [1.165, 1.54) is 0 Å². The molecule has 2 aliphatic rings. The van der Waals surface area contributed by atoms with Crippen LogP contribution in [0.4, 0.5) is 0 Å². The minimum atomic E-state index is -0.721. The molecule has 3 rings (SSSR count). The summed E-state index contributed by atoms with van der Waals surface area (Å²) in [5.74, 6) is 1.89. The maximum absolute atomic E-state index is 12.7. The molecule has 4 heteroatoms. The molecule has 1 aromatic rings. The first-order valence-electron chi connectivity index (χ1n) is 7.32. The second kappa shape index (κ2) is 5.09. The lowest BCUT2D eigenvalue weighted by Crippen LogP contribution is -2.51. The summed E-state index contributed by atoms with van der Waals surface area (Å²) in [6.45, 7) is 3.24. The van der Waals surface area contributed by atoms with Gasteiger partial charge < -0.3 is 15.2 Å². The van der Waals surface area contributed by atoms with Gasteiger partial charge in [0.15, 0.2) is 17.3 Å². The van der Waals surface area contributed by atoms with E-state index in [-0.39, 0.29) is 5.78 Å². The molecule has 0 aromatic heterocycles. The molecular formula is C16H21NO3. The maximum Gasteiger partial charge on any atom is 0.182 e. The molecule has 20 heavy (non-hydrogen) atoms. The van der Waals surface area contributed by atoms with Crippen LogP contribution in [0, 0.1) is 5.92 Å². The number of benzene rings is 1. The number of carbonyl (C=O) groups excluding carboxylic acids is 1. The number of nitrogens with two attached hydrogens (primary N) is 1. The second-order valence-corrected chi connectivity index (χ2v) is 6.05. The molecule has 108 valence electrons. The van der Waals surface area contributed by atoms with Crippen LogP contribution in [0.5, 0.6) is 11.5 Å². The van der Waals surface area contributed by atoms with E-state index in [9.17, 15) is 4.79 Å². The van der Waals surface area contributed by atoms with Gasteiger partial charge in [-0.1, -0.05) is 19.8 Å². The number of rotatable bonds is 2. The van der Waals surface area contributed by atoms with Crippen molar-refractivity contribution >= 4 is 5.78 Å². The zero-order valence-corrected chi connectivity index (χ0v) is 11.9. The second-order valence-electron chi connectivity index (χ2n) is 6.05. The standard InChI is InChI=1S/C16H21NO3/c1-11-3-2-6-16(17,10-11)15(18)12-4-5-13-14(9-12)20-8-7-19-13/h4-5,9,11H,2-3,6-8,10,17H2,1H3. The molecule has 1 aliphatic heterocycles. The Kier molecular flexibility index (Phi) is 3.42. The summed E-state index contributed by atoms with van der Waals surface area (Å²) in [4.78, 5) is 12.7. The molecule has 1 aromatic carbocycles. The molecule has 0 spiro atoms. The average Bonchev–Trinajstić information content (AvgIpc) is 2.45. The first kappa shape index (κ1) is 13.4. The van der Waals surface area contributed by atoms with Crippen molar-refractivity contribution in [3.05, 3.63) is 23.8 Å². The first-order valence-corrected chi connectivity index (χ1v) is 7.32. The van der Waals surface area contributed by atoms with Gasteiger partial charge in [-0.15, -0.1) is 0 Å². The highest BCUT2D eigenvalue weighted by molar-refractivity contribution is 6.03. The van der Waals surface area contributed by atoms with Crippen molar-refractivity contribution in [3.8, 4) is 11.5 Å². The van der Waals surface area contributed by atoms with Gasteiger partial charge in [0.2, 0.25) is 0 Å². The normalized spacial score (nSPS) is 29.0. The molecule has 1 heterocycles. The van der Waals surface area contributed by atoms with Gasteiger partial charge in [0.1, 0.15) is 13.2 Å². The molecule has 4 nitrogen and oxygen atoms in total. The molecule has 1 fully saturated rings. The van der Waals surface area contributed by atoms with E-state index in [0.717, 1.165) is 25.7 Å². The highest BCUT2D eigenvalue weighted by Gasteiger charge is 2.38. The van der Waals surface area contributed by atoms with Crippen LogP contribution in [-0.2, 0) is 0 Å². The minimum absolute atomic E-state index is 0.0287. The number of hydrogen-bond donors (Lipinski definition) is 1. The third-order valence-corrected chi connectivity index (χ3v) is 4.29. The van der Waals surface area contributed by atoms with Gasteiger partial charge in [-0.25, -0.2) is 0 Å². The van der Waals surface area contributed by atoms with Crippen LogP contribution >= 0.6 is 0 Å². The number of carbonyl (C=O) groups is 1. The van der Waals surface area contributed by atoms with E-state index in [4.69, 9.17) is 15.2 Å². The van der Waals surface area contributed by atoms with Crippen LogP contribution in [0.15, 0.2) is 18.2 Å². The summed E-state index contributed by atoms with van der Waals surface area (Å²) in [6.07, 6.45) is 3.71. The highest BCUT2D eigenvalue weighted by Crippen LogP contribution is 2.36. The molecule has 1 aliphatic carbocycles. The molecule has 1 saturated carbocycles. The van der Waals surface area contributed by atoms with Gasteiger partial charge in [-0.3, -0.25) is 4.79 Å². The summed E-state index contributed by atoms with van der Waals surface area (Å²) in [6, 6.07) is 5.37. The van der Waals surface area contributed by atoms with Crippen molar-refractivity contribution in [1.82, 2.24) is 0 Å². The monoisotopic (exact) mass is 275 g/mol. The predicted octanol–water partition coefficient (Wildman–Crippen LogP) is 2.55. The number of hydrogen-bond acceptors (Lipinski definition) is 4. The van der Waals surface area contributed by atoms with E-state index in [1.807, 2.05) is 0 Å². The Balaban J connectivity index is 1.86. The van der Waals surface area contributed by atoms with Crippen molar-refractivity contribution in [2.75, 3.05) is 13.2 Å². The maximum atomic E-state index is 12.7. The molecular weight excluding hydrogens is 254 g/mol. The quantitative estimate of drug-likeness (QED) is 0.843. The molecule has 0 bridgehead atoms. The number of fused-ring (bicyclic) bond motifs is 1. The molecule has 2 N–H and O–H groups in total. The summed E-state index contributed by atoms with van der Waals surface area (Å²) >= 11 is 0. The Hall–Kier alpha value is -1.55. The molecule has 2 unspecified atom stereocenters. The molecule has 2 atom stereocenters. The van der Waals surface area contributed by atoms with E-state index in [2.05, 4.69) is 6.92 Å². The van der Waals surface area contributed by atoms with Gasteiger partial charge in [0.05, 0.1) is 5.54 Å². The third kappa shape index (κ3) is 2.40. The van der Waals surface area contributed by atoms with Crippen molar-refractivity contribution in [2.45, 2.75) is 38.1 Å². The van der Waals surface area contributed by atoms with Crippen LogP contribution in [0.3, 0.4) is 0 Å². The van der Waals surface area contributed by atoms with Crippen molar-refractivity contribution < 1.29 is 14.3 Å². The Morgan fingerprint density at radius 3 is 2.80 bits per heavy atom. The summed E-state index contributed by atoms with van der Waals surface area (Å²) < 4.78 is 11.0. The number of Topliss-reactive ketones (excluding diaryl/α,β-unsaturated/α-hetero) is 1. The summed E-state index contributed by atoms with van der Waals surface area (Å²) in [7, 11) is 0. The lowest BCUT2D eigenvalue weighted by Gasteiger charge is -2.35. The Bertz CT molecular complexity index is 528. The lowest BCUT2D eigenvalue weighted by molar-refractivity contribution is 0.0818. The van der Waals surface area contributed by atoms with Gasteiger partial charge in [-0.05, 0) is 37.0 Å². The molecule has 0 amide bonds. The van der Waals surface area contributed by atoms with E-state index in [0.29, 0.717) is 36.2 Å². The number of ketones is 1. The fourth-order valence-electron chi connectivity index (χ4n) is 3.27. The fraction of sp³-hybridized carbons (Fsp3) is 0.562. The Morgan fingerprint density at radius 2 is 2.05 bits per heavy atom. The van der Waals surface area contributed by atoms with Crippen molar-refractivity contribution in [3.63, 3.8) is 0 Å². The third-order valence-electron chi connectivity index (χ3n) is 4.29. The largest absolute Gasteiger partial charge is 0.486 e. The van der Waals surface area contributed by atoms with Crippen LogP contribution in [0.2, 0.25) is 0 Å². The molecule has 0 radical (unpaired) electrons. The number of ether oxygens (including phenoxy) is 2. The van der Waals surface area contributed by atoms with Crippen LogP contribution in [-0.4, -0.2) is 24.5 Å². The summed E-state index contributed by atoms with van der Waals surface area (Å²) in [5.41, 5.74) is 6.29. The van der Waals surface area contributed by atoms with Crippen LogP contribution in [0.1, 0.15) is 43.0 Å². The van der Waals surface area contributed by atoms with E-state index >= 15 is 0 Å². The zero-order valence-electron chi connectivity index (χ0n) is 11.9. The predicted molar refractivity (Wildman–Crippen MR) is 76.3 cm³/mol. The van der Waals surface area contributed by atoms with Crippen LogP contribution < -0.4 is 15.2 Å². The van der Waals surface area contributed by atoms with Crippen LogP contribution in [0.25, 0.3) is 0 Å². The Labute approximate surface area is 119 Å². The van der Waals surface area contributed by atoms with E-state index < -0.39 is 5.54 Å². The van der Waals surface area contributed by atoms with Gasteiger partial charge in [0.25, 0.3) is 0 Å². The van der Waals surface area contributed by atoms with Gasteiger partial charge >= 0.3 is 0 Å².